The normalized spacial score (nSPS) is 22.4. The van der Waals surface area contributed by atoms with Crippen molar-refractivity contribution >= 4 is 49.1 Å². The standard InChI is InChI=1S/C22H18F2N8O3S2/c23-17(24)20-28-29-21(36-20)32-15-6-13(37(33,34)30-22(9-25)3-4-22)1-2-14(15)16-18(26-10-27-19(16)32)31-7-12-5-11(31)8-35-12/h1-2,6,10-12,17,30H,3-5,7-8H2/t11-,12-/m0/s1. The number of ether oxygens (including phenoxy) is 1. The van der Waals surface area contributed by atoms with Crippen molar-refractivity contribution in [1.82, 2.24) is 29.5 Å². The van der Waals surface area contributed by atoms with Gasteiger partial charge in [0.25, 0.3) is 6.43 Å². The van der Waals surface area contributed by atoms with Gasteiger partial charge in [-0.2, -0.15) is 9.98 Å². The lowest BCUT2D eigenvalue weighted by Gasteiger charge is -2.28. The Labute approximate surface area is 212 Å². The number of aromatic nitrogens is 5. The Morgan fingerprint density at radius 1 is 1.27 bits per heavy atom. The number of sulfonamides is 1. The van der Waals surface area contributed by atoms with Crippen LogP contribution < -0.4 is 9.62 Å². The number of hydrogen-bond acceptors (Lipinski definition) is 10. The molecule has 1 aromatic carbocycles. The van der Waals surface area contributed by atoms with Gasteiger partial charge in [-0.15, -0.1) is 10.2 Å². The monoisotopic (exact) mass is 544 g/mol. The molecule has 0 amide bonds. The average Bonchev–Trinajstić information content (AvgIpc) is 3.34. The second kappa shape index (κ2) is 7.84. The third-order valence-electron chi connectivity index (χ3n) is 7.08. The summed E-state index contributed by atoms with van der Waals surface area (Å²) in [6, 6.07) is 6.73. The van der Waals surface area contributed by atoms with Crippen LogP contribution >= 0.6 is 11.3 Å². The molecule has 1 saturated carbocycles. The second-order valence-corrected chi connectivity index (χ2v) is 12.1. The minimum absolute atomic E-state index is 0.0627. The predicted molar refractivity (Wildman–Crippen MR) is 128 cm³/mol. The van der Waals surface area contributed by atoms with Gasteiger partial charge in [0.05, 0.1) is 40.6 Å². The fraction of sp³-hybridized carbons (Fsp3) is 0.409. The van der Waals surface area contributed by atoms with Crippen LogP contribution in [0.25, 0.3) is 27.1 Å². The number of halogens is 2. The molecule has 3 fully saturated rings. The zero-order valence-electron chi connectivity index (χ0n) is 19.0. The number of hydrogen-bond donors (Lipinski definition) is 1. The van der Waals surface area contributed by atoms with Crippen LogP contribution in [0.3, 0.4) is 0 Å². The van der Waals surface area contributed by atoms with E-state index in [4.69, 9.17) is 4.74 Å². The van der Waals surface area contributed by atoms with Crippen molar-refractivity contribution < 1.29 is 21.9 Å². The van der Waals surface area contributed by atoms with Crippen molar-refractivity contribution in [2.75, 3.05) is 18.1 Å². The number of rotatable bonds is 6. The van der Waals surface area contributed by atoms with E-state index in [0.29, 0.717) is 65.1 Å². The second-order valence-electron chi connectivity index (χ2n) is 9.43. The Bertz CT molecular complexity index is 1730. The summed E-state index contributed by atoms with van der Waals surface area (Å²) in [4.78, 5) is 11.1. The Hall–Kier alpha value is -3.32. The summed E-state index contributed by atoms with van der Waals surface area (Å²) < 4.78 is 62.8. The van der Waals surface area contributed by atoms with E-state index in [0.717, 1.165) is 6.42 Å². The number of nitrogens with zero attached hydrogens (tertiary/aromatic N) is 7. The summed E-state index contributed by atoms with van der Waals surface area (Å²) in [6.07, 6.45) is 0.466. The largest absolute Gasteiger partial charge is 0.374 e. The fourth-order valence-corrected chi connectivity index (χ4v) is 7.23. The van der Waals surface area contributed by atoms with Crippen molar-refractivity contribution in [2.24, 2.45) is 0 Å². The van der Waals surface area contributed by atoms with Gasteiger partial charge in [0.2, 0.25) is 15.2 Å². The lowest BCUT2D eigenvalue weighted by molar-refractivity contribution is 0.0990. The average molecular weight is 545 g/mol. The van der Waals surface area contributed by atoms with E-state index in [1.165, 1.54) is 18.5 Å². The first-order valence-electron chi connectivity index (χ1n) is 11.5. The lowest BCUT2D eigenvalue weighted by atomic mass is 10.2. The Kier molecular flexibility index (Phi) is 4.84. The number of fused-ring (bicyclic) bond motifs is 5. The smallest absolute Gasteiger partial charge is 0.291 e. The van der Waals surface area contributed by atoms with Gasteiger partial charge >= 0.3 is 0 Å². The summed E-state index contributed by atoms with van der Waals surface area (Å²) in [5, 5.41) is 17.9. The molecule has 2 aliphatic heterocycles. The Morgan fingerprint density at radius 2 is 2.11 bits per heavy atom. The van der Waals surface area contributed by atoms with Gasteiger partial charge in [-0.3, -0.25) is 4.57 Å². The quantitative estimate of drug-likeness (QED) is 0.388. The van der Waals surface area contributed by atoms with Gasteiger partial charge in [-0.25, -0.2) is 27.2 Å². The van der Waals surface area contributed by atoms with Crippen LogP contribution in [0.4, 0.5) is 14.6 Å². The molecular weight excluding hydrogens is 526 g/mol. The third-order valence-corrected chi connectivity index (χ3v) is 9.53. The molecule has 1 aliphatic carbocycles. The van der Waals surface area contributed by atoms with Crippen LogP contribution in [0.15, 0.2) is 29.4 Å². The van der Waals surface area contributed by atoms with Crippen LogP contribution in [0.2, 0.25) is 0 Å². The Morgan fingerprint density at radius 3 is 2.76 bits per heavy atom. The van der Waals surface area contributed by atoms with Crippen molar-refractivity contribution in [3.63, 3.8) is 0 Å². The van der Waals surface area contributed by atoms with Crippen LogP contribution in [0.1, 0.15) is 30.7 Å². The molecule has 3 aliphatic rings. The van der Waals surface area contributed by atoms with Crippen LogP contribution in [-0.2, 0) is 14.8 Å². The van der Waals surface area contributed by atoms with Gasteiger partial charge in [0.1, 0.15) is 17.7 Å². The van der Waals surface area contributed by atoms with Crippen molar-refractivity contribution in [3.8, 4) is 11.2 Å². The van der Waals surface area contributed by atoms with Crippen LogP contribution in [-0.4, -0.2) is 64.0 Å². The van der Waals surface area contributed by atoms with E-state index in [1.54, 1.807) is 10.6 Å². The minimum atomic E-state index is -4.04. The number of alkyl halides is 2. The van der Waals surface area contributed by atoms with E-state index in [2.05, 4.69) is 29.8 Å². The third kappa shape index (κ3) is 3.51. The molecule has 2 saturated heterocycles. The molecule has 37 heavy (non-hydrogen) atoms. The van der Waals surface area contributed by atoms with Gasteiger partial charge in [-0.05, 0) is 31.4 Å². The maximum absolute atomic E-state index is 13.4. The predicted octanol–water partition coefficient (Wildman–Crippen LogP) is 2.67. The van der Waals surface area contributed by atoms with Gasteiger partial charge in [-0.1, -0.05) is 17.4 Å². The molecule has 1 N–H and O–H groups in total. The first-order chi connectivity index (χ1) is 17.8. The van der Waals surface area contributed by atoms with Crippen LogP contribution in [0.5, 0.6) is 0 Å². The molecule has 2 bridgehead atoms. The molecular formula is C22H18F2N8O3S2. The molecule has 3 aromatic heterocycles. The van der Waals surface area contributed by atoms with Crippen molar-refractivity contribution in [1.29, 1.82) is 5.26 Å². The summed E-state index contributed by atoms with van der Waals surface area (Å²) >= 11 is 0.704. The molecule has 4 aromatic rings. The molecule has 15 heteroatoms. The topological polar surface area (TPSA) is 139 Å². The minimum Gasteiger partial charge on any atom is -0.374 e. The molecule has 0 radical (unpaired) electrons. The maximum Gasteiger partial charge on any atom is 0.291 e. The highest BCUT2D eigenvalue weighted by molar-refractivity contribution is 7.89. The van der Waals surface area contributed by atoms with E-state index >= 15 is 0 Å². The molecule has 5 heterocycles. The van der Waals surface area contributed by atoms with Crippen molar-refractivity contribution in [2.45, 2.75) is 48.3 Å². The highest BCUT2D eigenvalue weighted by atomic mass is 32.2. The van der Waals surface area contributed by atoms with E-state index in [1.807, 2.05) is 6.07 Å². The van der Waals surface area contributed by atoms with E-state index in [-0.39, 0.29) is 22.2 Å². The molecule has 11 nitrogen and oxygen atoms in total. The highest BCUT2D eigenvalue weighted by Crippen LogP contribution is 2.42. The van der Waals surface area contributed by atoms with Gasteiger partial charge in [0, 0.05) is 11.9 Å². The first kappa shape index (κ1) is 22.8. The fourth-order valence-electron chi connectivity index (χ4n) is 5.12. The van der Waals surface area contributed by atoms with Gasteiger partial charge in [0.15, 0.2) is 10.7 Å². The molecule has 7 rings (SSSR count). The Balaban J connectivity index is 1.46. The highest BCUT2D eigenvalue weighted by Gasteiger charge is 2.47. The summed E-state index contributed by atoms with van der Waals surface area (Å²) in [5.41, 5.74) is -0.292. The number of benzene rings is 1. The number of morpholine rings is 1. The van der Waals surface area contributed by atoms with Gasteiger partial charge < -0.3 is 9.64 Å². The maximum atomic E-state index is 13.4. The van der Waals surface area contributed by atoms with Crippen LogP contribution in [0, 0.1) is 11.3 Å². The molecule has 0 spiro atoms. The SMILES string of the molecule is N#CC1(NS(=O)(=O)c2ccc3c4c(N5C[C@@H]6C[C@H]5CO6)ncnc4n(-c4nnc(C(F)F)s4)c3c2)CC1. The zero-order valence-corrected chi connectivity index (χ0v) is 20.6. The molecule has 190 valence electrons. The lowest BCUT2D eigenvalue weighted by Crippen LogP contribution is -2.37. The van der Waals surface area contributed by atoms with Crippen molar-refractivity contribution in [3.05, 3.63) is 29.5 Å². The zero-order chi connectivity index (χ0) is 25.5. The summed E-state index contributed by atoms with van der Waals surface area (Å²) in [6.45, 7) is 1.24. The summed E-state index contributed by atoms with van der Waals surface area (Å²) in [7, 11) is -4.04. The van der Waals surface area contributed by atoms with E-state index < -0.39 is 27.0 Å². The van der Waals surface area contributed by atoms with E-state index in [9.17, 15) is 22.5 Å². The number of nitriles is 1. The first-order valence-corrected chi connectivity index (χ1v) is 13.8. The molecule has 2 atom stereocenters. The molecule has 0 unspecified atom stereocenters. The summed E-state index contributed by atoms with van der Waals surface area (Å²) in [5.74, 6) is 0.665. The number of nitrogens with one attached hydrogen (secondary N) is 1. The number of anilines is 1.